The van der Waals surface area contributed by atoms with Crippen molar-refractivity contribution in [3.8, 4) is 0 Å². The SMILES string of the molecule is COC(=O)c1[nH]nc(C2CCCN(C(=O)OC(C)(C)C)C2)c1N. The molecule has 1 saturated heterocycles. The van der Waals surface area contributed by atoms with E-state index in [-0.39, 0.29) is 23.4 Å². The van der Waals surface area contributed by atoms with E-state index in [2.05, 4.69) is 14.9 Å². The number of nitrogens with zero attached hydrogens (tertiary/aromatic N) is 2. The predicted molar refractivity (Wildman–Crippen MR) is 84.1 cm³/mol. The fraction of sp³-hybridized carbons (Fsp3) is 0.667. The molecule has 1 aliphatic heterocycles. The van der Waals surface area contributed by atoms with Gasteiger partial charge in [0.2, 0.25) is 0 Å². The summed E-state index contributed by atoms with van der Waals surface area (Å²) in [5, 5.41) is 6.77. The number of carbonyl (C=O) groups is 2. The number of amides is 1. The van der Waals surface area contributed by atoms with Gasteiger partial charge in [-0.05, 0) is 33.6 Å². The van der Waals surface area contributed by atoms with Crippen molar-refractivity contribution in [1.29, 1.82) is 0 Å². The Bertz CT molecular complexity index is 591. The third kappa shape index (κ3) is 3.94. The normalized spacial score (nSPS) is 18.6. The van der Waals surface area contributed by atoms with Crippen LogP contribution in [-0.2, 0) is 9.47 Å². The number of anilines is 1. The molecular weight excluding hydrogens is 300 g/mol. The van der Waals surface area contributed by atoms with Gasteiger partial charge in [-0.25, -0.2) is 9.59 Å². The van der Waals surface area contributed by atoms with Crippen LogP contribution < -0.4 is 5.73 Å². The molecule has 1 fully saturated rings. The van der Waals surface area contributed by atoms with Gasteiger partial charge in [-0.15, -0.1) is 0 Å². The number of nitrogens with one attached hydrogen (secondary N) is 1. The average molecular weight is 324 g/mol. The second-order valence-electron chi connectivity index (χ2n) is 6.65. The molecule has 8 nitrogen and oxygen atoms in total. The Labute approximate surface area is 135 Å². The number of piperidine rings is 1. The minimum absolute atomic E-state index is 0.0362. The van der Waals surface area contributed by atoms with Crippen LogP contribution in [0.3, 0.4) is 0 Å². The summed E-state index contributed by atoms with van der Waals surface area (Å²) >= 11 is 0. The molecule has 0 radical (unpaired) electrons. The summed E-state index contributed by atoms with van der Waals surface area (Å²) in [6, 6.07) is 0. The monoisotopic (exact) mass is 324 g/mol. The smallest absolute Gasteiger partial charge is 0.410 e. The van der Waals surface area contributed by atoms with Crippen LogP contribution in [0.2, 0.25) is 0 Å². The zero-order valence-corrected chi connectivity index (χ0v) is 14.0. The molecule has 1 amide bonds. The second-order valence-corrected chi connectivity index (χ2v) is 6.65. The van der Waals surface area contributed by atoms with Crippen LogP contribution in [0.5, 0.6) is 0 Å². The first-order valence-electron chi connectivity index (χ1n) is 7.63. The summed E-state index contributed by atoms with van der Waals surface area (Å²) in [6.45, 7) is 6.60. The Morgan fingerprint density at radius 2 is 2.09 bits per heavy atom. The summed E-state index contributed by atoms with van der Waals surface area (Å²) in [7, 11) is 1.28. The minimum Gasteiger partial charge on any atom is -0.464 e. The van der Waals surface area contributed by atoms with E-state index in [1.165, 1.54) is 7.11 Å². The molecule has 1 aromatic heterocycles. The number of esters is 1. The van der Waals surface area contributed by atoms with Crippen LogP contribution in [0.25, 0.3) is 0 Å². The van der Waals surface area contributed by atoms with Gasteiger partial charge in [0.25, 0.3) is 0 Å². The fourth-order valence-corrected chi connectivity index (χ4v) is 2.63. The summed E-state index contributed by atoms with van der Waals surface area (Å²) in [6.07, 6.45) is 1.32. The van der Waals surface area contributed by atoms with Gasteiger partial charge in [0.15, 0.2) is 5.69 Å². The highest BCUT2D eigenvalue weighted by Crippen LogP contribution is 2.31. The molecule has 0 spiro atoms. The van der Waals surface area contributed by atoms with Crippen LogP contribution in [0.1, 0.15) is 55.7 Å². The van der Waals surface area contributed by atoms with E-state index in [4.69, 9.17) is 10.5 Å². The predicted octanol–water partition coefficient (Wildman–Crippen LogP) is 1.89. The molecule has 1 unspecified atom stereocenters. The third-order valence-electron chi connectivity index (χ3n) is 3.68. The number of nitrogen functional groups attached to an aromatic ring is 1. The van der Waals surface area contributed by atoms with Gasteiger partial charge in [-0.3, -0.25) is 5.10 Å². The fourth-order valence-electron chi connectivity index (χ4n) is 2.63. The number of carbonyl (C=O) groups excluding carboxylic acids is 2. The van der Waals surface area contributed by atoms with E-state index >= 15 is 0 Å². The molecule has 3 N–H and O–H groups in total. The van der Waals surface area contributed by atoms with Crippen LogP contribution in [0.4, 0.5) is 10.5 Å². The van der Waals surface area contributed by atoms with Crippen LogP contribution in [0.15, 0.2) is 0 Å². The van der Waals surface area contributed by atoms with Crippen molar-refractivity contribution in [2.45, 2.75) is 45.1 Å². The minimum atomic E-state index is -0.555. The van der Waals surface area contributed by atoms with Gasteiger partial charge in [0.1, 0.15) is 5.60 Å². The van der Waals surface area contributed by atoms with E-state index in [9.17, 15) is 9.59 Å². The standard InChI is InChI=1S/C15H24N4O4/c1-15(2,3)23-14(21)19-7-5-6-9(8-19)11-10(16)12(18-17-11)13(20)22-4/h9H,5-8,16H2,1-4H3,(H,17,18). The Morgan fingerprint density at radius 1 is 1.39 bits per heavy atom. The van der Waals surface area contributed by atoms with E-state index in [1.807, 2.05) is 20.8 Å². The molecule has 0 aromatic carbocycles. The number of H-pyrrole nitrogens is 1. The lowest BCUT2D eigenvalue weighted by Gasteiger charge is -2.33. The topological polar surface area (TPSA) is 111 Å². The molecule has 0 bridgehead atoms. The molecule has 1 aromatic rings. The number of hydrogen-bond acceptors (Lipinski definition) is 6. The van der Waals surface area contributed by atoms with Crippen LogP contribution in [0, 0.1) is 0 Å². The first-order valence-corrected chi connectivity index (χ1v) is 7.63. The van der Waals surface area contributed by atoms with Crippen molar-refractivity contribution in [2.75, 3.05) is 25.9 Å². The number of hydrogen-bond donors (Lipinski definition) is 2. The van der Waals surface area contributed by atoms with Gasteiger partial charge in [0, 0.05) is 19.0 Å². The van der Waals surface area contributed by atoms with Crippen molar-refractivity contribution < 1.29 is 19.1 Å². The van der Waals surface area contributed by atoms with Gasteiger partial charge < -0.3 is 20.1 Å². The lowest BCUT2D eigenvalue weighted by atomic mass is 9.94. The molecule has 128 valence electrons. The van der Waals surface area contributed by atoms with Crippen LogP contribution in [-0.4, -0.2) is 53.0 Å². The number of aromatic nitrogens is 2. The zero-order valence-electron chi connectivity index (χ0n) is 14.0. The number of rotatable bonds is 2. The van der Waals surface area contributed by atoms with E-state index in [0.717, 1.165) is 12.8 Å². The molecule has 2 heterocycles. The van der Waals surface area contributed by atoms with Gasteiger partial charge in [-0.1, -0.05) is 0 Å². The highest BCUT2D eigenvalue weighted by Gasteiger charge is 2.31. The molecule has 0 saturated carbocycles. The highest BCUT2D eigenvalue weighted by molar-refractivity contribution is 5.93. The lowest BCUT2D eigenvalue weighted by Crippen LogP contribution is -2.42. The highest BCUT2D eigenvalue weighted by atomic mass is 16.6. The number of aromatic amines is 1. The Morgan fingerprint density at radius 3 is 2.70 bits per heavy atom. The van der Waals surface area contributed by atoms with Crippen molar-refractivity contribution in [3.63, 3.8) is 0 Å². The van der Waals surface area contributed by atoms with Gasteiger partial charge in [-0.2, -0.15) is 5.10 Å². The summed E-state index contributed by atoms with van der Waals surface area (Å²) in [5.74, 6) is -0.591. The van der Waals surface area contributed by atoms with E-state index in [0.29, 0.717) is 18.8 Å². The third-order valence-corrected chi connectivity index (χ3v) is 3.68. The van der Waals surface area contributed by atoms with E-state index < -0.39 is 11.6 Å². The lowest BCUT2D eigenvalue weighted by molar-refractivity contribution is 0.0197. The Hall–Kier alpha value is -2.25. The van der Waals surface area contributed by atoms with Gasteiger partial charge >= 0.3 is 12.1 Å². The largest absolute Gasteiger partial charge is 0.464 e. The van der Waals surface area contributed by atoms with Crippen molar-refractivity contribution in [1.82, 2.24) is 15.1 Å². The maximum atomic E-state index is 12.2. The first-order chi connectivity index (χ1) is 10.7. The average Bonchev–Trinajstić information content (AvgIpc) is 2.86. The number of ether oxygens (including phenoxy) is 2. The molecule has 2 rings (SSSR count). The number of likely N-dealkylation sites (tertiary alicyclic amines) is 1. The summed E-state index contributed by atoms with van der Waals surface area (Å²) in [5.41, 5.74) is 6.50. The van der Waals surface area contributed by atoms with Crippen molar-refractivity contribution in [3.05, 3.63) is 11.4 Å². The summed E-state index contributed by atoms with van der Waals surface area (Å²) in [4.78, 5) is 25.5. The number of nitrogens with two attached hydrogens (primary N) is 1. The second kappa shape index (κ2) is 6.47. The maximum absolute atomic E-state index is 12.2. The van der Waals surface area contributed by atoms with Crippen molar-refractivity contribution in [2.24, 2.45) is 0 Å². The summed E-state index contributed by atoms with van der Waals surface area (Å²) < 4.78 is 10.1. The molecule has 0 aliphatic carbocycles. The van der Waals surface area contributed by atoms with Crippen LogP contribution >= 0.6 is 0 Å². The van der Waals surface area contributed by atoms with E-state index in [1.54, 1.807) is 4.90 Å². The quantitative estimate of drug-likeness (QED) is 0.804. The molecule has 23 heavy (non-hydrogen) atoms. The van der Waals surface area contributed by atoms with Gasteiger partial charge in [0.05, 0.1) is 18.5 Å². The molecule has 1 aliphatic rings. The number of methoxy groups -OCH3 is 1. The molecule has 8 heteroatoms. The van der Waals surface area contributed by atoms with Crippen molar-refractivity contribution >= 4 is 17.7 Å². The Balaban J connectivity index is 2.11. The molecular formula is C15H24N4O4. The zero-order chi connectivity index (χ0) is 17.2. The maximum Gasteiger partial charge on any atom is 0.410 e. The first kappa shape index (κ1) is 17.1. The molecule has 1 atom stereocenters. The Kier molecular flexibility index (Phi) is 4.82.